The summed E-state index contributed by atoms with van der Waals surface area (Å²) >= 11 is 0. The van der Waals surface area contributed by atoms with Gasteiger partial charge in [0.2, 0.25) is 0 Å². The second-order valence-corrected chi connectivity index (χ2v) is 9.03. The predicted octanol–water partition coefficient (Wildman–Crippen LogP) is 4.29. The lowest BCUT2D eigenvalue weighted by Crippen LogP contribution is -2.26. The first-order valence-corrected chi connectivity index (χ1v) is 11.4. The molecule has 3 aromatic carbocycles. The lowest BCUT2D eigenvalue weighted by molar-refractivity contribution is -0.137. The van der Waals surface area contributed by atoms with E-state index in [9.17, 15) is 26.4 Å². The maximum Gasteiger partial charge on any atom is 0.417 e. The van der Waals surface area contributed by atoms with Crippen LogP contribution in [0, 0.1) is 0 Å². The van der Waals surface area contributed by atoms with Crippen LogP contribution >= 0.6 is 0 Å². The van der Waals surface area contributed by atoms with Gasteiger partial charge >= 0.3 is 6.18 Å². The summed E-state index contributed by atoms with van der Waals surface area (Å²) in [5.41, 5.74) is 6.18. The van der Waals surface area contributed by atoms with E-state index < -0.39 is 27.9 Å². The molecule has 0 spiro atoms. The van der Waals surface area contributed by atoms with Crippen LogP contribution in [-0.2, 0) is 16.4 Å². The van der Waals surface area contributed by atoms with Crippen LogP contribution in [-0.4, -0.2) is 25.9 Å². The average Bonchev–Trinajstić information content (AvgIpc) is 3.17. The van der Waals surface area contributed by atoms with Crippen molar-refractivity contribution in [1.82, 2.24) is 9.29 Å². The highest BCUT2D eigenvalue weighted by atomic mass is 32.2. The molecule has 4 rings (SSSR count). The third-order valence-electron chi connectivity index (χ3n) is 5.23. The minimum absolute atomic E-state index is 0.0172. The number of benzene rings is 3. The highest BCUT2D eigenvalue weighted by Crippen LogP contribution is 2.38. The maximum atomic E-state index is 13.6. The second kappa shape index (κ2) is 8.50. The molecule has 0 fully saturated rings. The van der Waals surface area contributed by atoms with Crippen molar-refractivity contribution in [3.63, 3.8) is 0 Å². The Labute approximate surface area is 193 Å². The largest absolute Gasteiger partial charge is 0.417 e. The SMILES string of the molecule is CNS(=O)(=O)Nc1ccc2cc(C(N)=O)n(-c3cccc(-c4ccccc4C(F)(F)F)c3)c2c1. The molecule has 1 aromatic heterocycles. The van der Waals surface area contributed by atoms with Crippen LogP contribution in [0.2, 0.25) is 0 Å². The van der Waals surface area contributed by atoms with Crippen LogP contribution in [0.3, 0.4) is 0 Å². The Morgan fingerprint density at radius 2 is 1.71 bits per heavy atom. The van der Waals surface area contributed by atoms with E-state index in [1.54, 1.807) is 18.2 Å². The number of nitrogens with zero attached hydrogens (tertiary/aromatic N) is 1. The number of hydrogen-bond acceptors (Lipinski definition) is 3. The summed E-state index contributed by atoms with van der Waals surface area (Å²) in [6.07, 6.45) is -4.55. The lowest BCUT2D eigenvalue weighted by Gasteiger charge is -2.15. The number of anilines is 1. The zero-order chi connectivity index (χ0) is 24.7. The zero-order valence-corrected chi connectivity index (χ0v) is 18.5. The Morgan fingerprint density at radius 3 is 2.38 bits per heavy atom. The van der Waals surface area contributed by atoms with Gasteiger partial charge in [-0.15, -0.1) is 0 Å². The number of carbonyl (C=O) groups excluding carboxylic acids is 1. The summed E-state index contributed by atoms with van der Waals surface area (Å²) in [7, 11) is -2.55. The van der Waals surface area contributed by atoms with Gasteiger partial charge in [-0.1, -0.05) is 36.4 Å². The van der Waals surface area contributed by atoms with Crippen molar-refractivity contribution in [3.05, 3.63) is 84.1 Å². The Bertz CT molecular complexity index is 1510. The first-order valence-electron chi connectivity index (χ1n) is 9.94. The maximum absolute atomic E-state index is 13.6. The van der Waals surface area contributed by atoms with E-state index in [-0.39, 0.29) is 22.5 Å². The van der Waals surface area contributed by atoms with Gasteiger partial charge in [0.25, 0.3) is 16.1 Å². The quantitative estimate of drug-likeness (QED) is 0.377. The van der Waals surface area contributed by atoms with Crippen molar-refractivity contribution < 1.29 is 26.4 Å². The Morgan fingerprint density at radius 1 is 0.971 bits per heavy atom. The smallest absolute Gasteiger partial charge is 0.364 e. The van der Waals surface area contributed by atoms with Crippen LogP contribution < -0.4 is 15.2 Å². The van der Waals surface area contributed by atoms with Crippen LogP contribution in [0.15, 0.2) is 72.8 Å². The number of rotatable bonds is 6. The number of amides is 1. The molecule has 0 saturated heterocycles. The Kier molecular flexibility index (Phi) is 5.84. The van der Waals surface area contributed by atoms with E-state index in [1.165, 1.54) is 60.1 Å². The molecule has 0 unspecified atom stereocenters. The summed E-state index contributed by atoms with van der Waals surface area (Å²) in [6.45, 7) is 0. The van der Waals surface area contributed by atoms with E-state index in [0.717, 1.165) is 6.07 Å². The van der Waals surface area contributed by atoms with Gasteiger partial charge in [-0.05, 0) is 47.5 Å². The van der Waals surface area contributed by atoms with E-state index in [4.69, 9.17) is 5.73 Å². The second-order valence-electron chi connectivity index (χ2n) is 7.41. The third kappa shape index (κ3) is 4.47. The fourth-order valence-corrected chi connectivity index (χ4v) is 4.26. The number of alkyl halides is 3. The third-order valence-corrected chi connectivity index (χ3v) is 6.27. The summed E-state index contributed by atoms with van der Waals surface area (Å²) < 4.78 is 70.5. The van der Waals surface area contributed by atoms with Crippen molar-refractivity contribution in [2.45, 2.75) is 6.18 Å². The highest BCUT2D eigenvalue weighted by molar-refractivity contribution is 7.90. The van der Waals surface area contributed by atoms with E-state index in [0.29, 0.717) is 16.6 Å². The van der Waals surface area contributed by atoms with Gasteiger partial charge in [0.05, 0.1) is 16.8 Å². The van der Waals surface area contributed by atoms with Crippen molar-refractivity contribution >= 4 is 32.7 Å². The molecular formula is C23H19F3N4O3S. The zero-order valence-electron chi connectivity index (χ0n) is 17.7. The molecule has 34 heavy (non-hydrogen) atoms. The number of nitrogens with two attached hydrogens (primary N) is 1. The fourth-order valence-electron chi connectivity index (χ4n) is 3.72. The van der Waals surface area contributed by atoms with Crippen LogP contribution in [0.25, 0.3) is 27.7 Å². The number of carbonyl (C=O) groups is 1. The minimum Gasteiger partial charge on any atom is -0.364 e. The first-order chi connectivity index (χ1) is 16.0. The van der Waals surface area contributed by atoms with Crippen LogP contribution in [0.5, 0.6) is 0 Å². The average molecular weight is 488 g/mol. The molecule has 0 atom stereocenters. The normalized spacial score (nSPS) is 12.1. The highest BCUT2D eigenvalue weighted by Gasteiger charge is 2.33. The first kappa shape index (κ1) is 23.3. The van der Waals surface area contributed by atoms with Gasteiger partial charge in [-0.2, -0.15) is 21.6 Å². The number of nitrogens with one attached hydrogen (secondary N) is 2. The molecule has 176 valence electrons. The predicted molar refractivity (Wildman–Crippen MR) is 124 cm³/mol. The molecule has 1 amide bonds. The minimum atomic E-state index is -4.55. The molecule has 0 aliphatic rings. The molecular weight excluding hydrogens is 469 g/mol. The number of hydrogen-bond donors (Lipinski definition) is 3. The molecule has 0 radical (unpaired) electrons. The molecule has 0 bridgehead atoms. The summed E-state index contributed by atoms with van der Waals surface area (Å²) in [4.78, 5) is 12.2. The van der Waals surface area contributed by atoms with Gasteiger partial charge in [0.1, 0.15) is 5.69 Å². The summed E-state index contributed by atoms with van der Waals surface area (Å²) in [5.74, 6) is -0.755. The lowest BCUT2D eigenvalue weighted by atomic mass is 9.99. The van der Waals surface area contributed by atoms with Crippen LogP contribution in [0.4, 0.5) is 18.9 Å². The summed E-state index contributed by atoms with van der Waals surface area (Å²) in [6, 6.07) is 17.6. The Balaban J connectivity index is 1.92. The number of fused-ring (bicyclic) bond motifs is 1. The van der Waals surface area contributed by atoms with E-state index in [2.05, 4.69) is 9.44 Å². The molecule has 0 aliphatic carbocycles. The number of primary amides is 1. The topological polar surface area (TPSA) is 106 Å². The molecule has 4 aromatic rings. The van der Waals surface area contributed by atoms with Gasteiger partial charge in [-0.3, -0.25) is 9.52 Å². The monoisotopic (exact) mass is 488 g/mol. The Hall–Kier alpha value is -3.83. The number of halogens is 3. The van der Waals surface area contributed by atoms with Crippen molar-refractivity contribution in [3.8, 4) is 16.8 Å². The fraction of sp³-hybridized carbons (Fsp3) is 0.0870. The van der Waals surface area contributed by atoms with Crippen molar-refractivity contribution in [1.29, 1.82) is 0 Å². The number of aromatic nitrogens is 1. The van der Waals surface area contributed by atoms with Crippen LogP contribution in [0.1, 0.15) is 16.1 Å². The molecule has 0 saturated carbocycles. The van der Waals surface area contributed by atoms with Crippen molar-refractivity contribution in [2.75, 3.05) is 11.8 Å². The molecule has 7 nitrogen and oxygen atoms in total. The van der Waals surface area contributed by atoms with Gasteiger partial charge in [0, 0.05) is 18.1 Å². The summed E-state index contributed by atoms with van der Waals surface area (Å²) in [5, 5.41) is 0.585. The van der Waals surface area contributed by atoms with Gasteiger partial charge in [-0.25, -0.2) is 4.72 Å². The molecule has 0 aliphatic heterocycles. The van der Waals surface area contributed by atoms with E-state index >= 15 is 0 Å². The molecule has 4 N–H and O–H groups in total. The van der Waals surface area contributed by atoms with Gasteiger partial charge < -0.3 is 10.3 Å². The molecule has 11 heteroatoms. The van der Waals surface area contributed by atoms with Crippen molar-refractivity contribution in [2.24, 2.45) is 5.73 Å². The standard InChI is InChI=1S/C23H19F3N4O3S/c1-28-34(32,33)29-16-10-9-15-12-21(22(27)31)30(20(15)13-16)17-6-4-5-14(11-17)18-7-2-3-8-19(18)23(24,25)26/h2-13,28-29H,1H3,(H2,27,31). The molecule has 1 heterocycles. The van der Waals surface area contributed by atoms with E-state index in [1.807, 2.05) is 0 Å². The van der Waals surface area contributed by atoms with Gasteiger partial charge in [0.15, 0.2) is 0 Å².